The van der Waals surface area contributed by atoms with Crippen molar-refractivity contribution in [3.05, 3.63) is 57.5 Å². The normalized spacial score (nSPS) is 11.0. The van der Waals surface area contributed by atoms with Crippen LogP contribution < -0.4 is 5.56 Å². The molecule has 2 aromatic heterocycles. The van der Waals surface area contributed by atoms with Crippen molar-refractivity contribution in [1.82, 2.24) is 14.6 Å². The monoisotopic (exact) mass is 309 g/mol. The maximum absolute atomic E-state index is 11.3. The second-order valence-corrected chi connectivity index (χ2v) is 6.32. The van der Waals surface area contributed by atoms with Gasteiger partial charge in [0.1, 0.15) is 5.15 Å². The van der Waals surface area contributed by atoms with E-state index in [9.17, 15) is 4.79 Å². The maximum atomic E-state index is 11.3. The van der Waals surface area contributed by atoms with Crippen molar-refractivity contribution in [3.63, 3.8) is 0 Å². The predicted molar refractivity (Wildman–Crippen MR) is 78.1 cm³/mol. The van der Waals surface area contributed by atoms with Gasteiger partial charge in [-0.05, 0) is 5.56 Å². The maximum Gasteiger partial charge on any atom is 0.275 e. The quantitative estimate of drug-likeness (QED) is 0.551. The van der Waals surface area contributed by atoms with Crippen LogP contribution in [-0.2, 0) is 5.75 Å². The van der Waals surface area contributed by atoms with Crippen LogP contribution in [0.3, 0.4) is 0 Å². The number of nitrogens with zero attached hydrogens (tertiary/aromatic N) is 3. The summed E-state index contributed by atoms with van der Waals surface area (Å²) in [6, 6.07) is 11.4. The van der Waals surface area contributed by atoms with Crippen LogP contribution in [0.15, 0.2) is 45.5 Å². The molecule has 0 bridgehead atoms. The summed E-state index contributed by atoms with van der Waals surface area (Å²) in [5.41, 5.74) is 0.883. The lowest BCUT2D eigenvalue weighted by Gasteiger charge is -1.96. The summed E-state index contributed by atoms with van der Waals surface area (Å²) in [7, 11) is 0. The summed E-state index contributed by atoms with van der Waals surface area (Å²) in [4.78, 5) is 15.7. The molecule has 0 radical (unpaired) electrons. The molecule has 0 unspecified atom stereocenters. The summed E-state index contributed by atoms with van der Waals surface area (Å²) >= 11 is 8.91. The predicted octanol–water partition coefficient (Wildman–Crippen LogP) is 3.10. The first kappa shape index (κ1) is 12.7. The number of thioether (sulfide) groups is 1. The van der Waals surface area contributed by atoms with Gasteiger partial charge in [-0.3, -0.25) is 4.79 Å². The molecule has 7 heteroatoms. The molecular formula is C12H8ClN3OS2. The Balaban J connectivity index is 1.86. The largest absolute Gasteiger partial charge is 0.275 e. The van der Waals surface area contributed by atoms with Gasteiger partial charge in [0.15, 0.2) is 4.34 Å². The zero-order chi connectivity index (χ0) is 13.2. The molecule has 3 rings (SSSR count). The van der Waals surface area contributed by atoms with E-state index in [2.05, 4.69) is 22.2 Å². The Hall–Kier alpha value is -1.37. The van der Waals surface area contributed by atoms with E-state index in [0.29, 0.717) is 4.96 Å². The molecule has 0 aliphatic rings. The molecule has 3 aromatic rings. The van der Waals surface area contributed by atoms with Crippen molar-refractivity contribution in [1.29, 1.82) is 0 Å². The van der Waals surface area contributed by atoms with Crippen molar-refractivity contribution in [2.24, 2.45) is 0 Å². The van der Waals surface area contributed by atoms with Gasteiger partial charge in [0.25, 0.3) is 5.56 Å². The average molecular weight is 310 g/mol. The van der Waals surface area contributed by atoms with Crippen molar-refractivity contribution >= 4 is 39.7 Å². The lowest BCUT2D eigenvalue weighted by Crippen LogP contribution is -2.06. The van der Waals surface area contributed by atoms with Gasteiger partial charge in [-0.25, -0.2) is 0 Å². The van der Waals surface area contributed by atoms with Gasteiger partial charge in [-0.1, -0.05) is 65.0 Å². The van der Waals surface area contributed by atoms with Crippen molar-refractivity contribution in [3.8, 4) is 0 Å². The lowest BCUT2D eigenvalue weighted by molar-refractivity contribution is 0.885. The Morgan fingerprint density at radius 1 is 1.32 bits per heavy atom. The van der Waals surface area contributed by atoms with Gasteiger partial charge < -0.3 is 0 Å². The molecule has 96 valence electrons. The highest BCUT2D eigenvalue weighted by molar-refractivity contribution is 8.00. The fourth-order valence-electron chi connectivity index (χ4n) is 1.54. The van der Waals surface area contributed by atoms with Crippen molar-refractivity contribution in [2.75, 3.05) is 0 Å². The summed E-state index contributed by atoms with van der Waals surface area (Å²) < 4.78 is 2.32. The number of fused-ring (bicyclic) bond motifs is 1. The summed E-state index contributed by atoms with van der Waals surface area (Å²) in [5, 5.41) is 4.62. The highest BCUT2D eigenvalue weighted by atomic mass is 35.5. The molecule has 0 aliphatic carbocycles. The number of hydrogen-bond donors (Lipinski definition) is 0. The molecule has 19 heavy (non-hydrogen) atoms. The smallest absolute Gasteiger partial charge is 0.267 e. The highest BCUT2D eigenvalue weighted by Crippen LogP contribution is 2.27. The van der Waals surface area contributed by atoms with Crippen molar-refractivity contribution < 1.29 is 0 Å². The Bertz CT molecular complexity index is 769. The second-order valence-electron chi connectivity index (χ2n) is 3.75. The third-order valence-corrected chi connectivity index (χ3v) is 4.78. The summed E-state index contributed by atoms with van der Waals surface area (Å²) in [6.45, 7) is 0. The highest BCUT2D eigenvalue weighted by Gasteiger charge is 2.08. The fraction of sp³-hybridized carbons (Fsp3) is 0.0833. The van der Waals surface area contributed by atoms with Gasteiger partial charge in [-0.15, -0.1) is 5.10 Å². The average Bonchev–Trinajstić information content (AvgIpc) is 2.81. The van der Waals surface area contributed by atoms with Crippen LogP contribution in [0.4, 0.5) is 0 Å². The van der Waals surface area contributed by atoms with E-state index in [1.807, 2.05) is 18.2 Å². The van der Waals surface area contributed by atoms with E-state index in [-0.39, 0.29) is 10.7 Å². The molecule has 0 saturated heterocycles. The van der Waals surface area contributed by atoms with Gasteiger partial charge in [-0.2, -0.15) is 9.50 Å². The third kappa shape index (κ3) is 2.80. The molecule has 1 aromatic carbocycles. The Kier molecular flexibility index (Phi) is 3.54. The second kappa shape index (κ2) is 5.32. The number of halogens is 1. The van der Waals surface area contributed by atoms with Gasteiger partial charge in [0.05, 0.1) is 0 Å². The molecule has 0 aliphatic heterocycles. The minimum absolute atomic E-state index is 0.290. The van der Waals surface area contributed by atoms with E-state index >= 15 is 0 Å². The van der Waals surface area contributed by atoms with E-state index in [4.69, 9.17) is 11.6 Å². The third-order valence-electron chi connectivity index (χ3n) is 2.40. The van der Waals surface area contributed by atoms with Crippen molar-refractivity contribution in [2.45, 2.75) is 10.1 Å². The number of benzene rings is 1. The van der Waals surface area contributed by atoms with Gasteiger partial charge >= 0.3 is 0 Å². The van der Waals surface area contributed by atoms with Crippen LogP contribution in [0.25, 0.3) is 4.96 Å². The van der Waals surface area contributed by atoms with Gasteiger partial charge in [0.2, 0.25) is 4.96 Å². The number of hydrogen-bond acceptors (Lipinski definition) is 5. The summed E-state index contributed by atoms with van der Waals surface area (Å²) in [6.07, 6.45) is 0. The molecule has 0 N–H and O–H groups in total. The minimum atomic E-state index is -0.340. The first-order valence-corrected chi connectivity index (χ1v) is 7.63. The molecule has 0 fully saturated rings. The lowest BCUT2D eigenvalue weighted by atomic mass is 10.2. The van der Waals surface area contributed by atoms with Crippen LogP contribution in [0, 0.1) is 0 Å². The first-order valence-electron chi connectivity index (χ1n) is 5.45. The minimum Gasteiger partial charge on any atom is -0.267 e. The molecule has 0 amide bonds. The number of rotatable bonds is 3. The van der Waals surface area contributed by atoms with E-state index in [0.717, 1.165) is 10.1 Å². The standard InChI is InChI=1S/C12H8ClN3OS2/c13-9-6-10(17)14-11-16(9)15-12(19-11)18-7-8-4-2-1-3-5-8/h1-6H,7H2. The zero-order valence-electron chi connectivity index (χ0n) is 9.62. The van der Waals surface area contributed by atoms with Crippen LogP contribution in [0.1, 0.15) is 5.56 Å². The first-order chi connectivity index (χ1) is 9.22. The van der Waals surface area contributed by atoms with Crippen LogP contribution >= 0.6 is 34.7 Å². The summed E-state index contributed by atoms with van der Waals surface area (Å²) in [5.74, 6) is 0.822. The molecular weight excluding hydrogens is 302 g/mol. The Morgan fingerprint density at radius 3 is 2.89 bits per heavy atom. The molecule has 0 saturated carbocycles. The molecule has 4 nitrogen and oxygen atoms in total. The SMILES string of the molecule is O=c1cc(Cl)n2nc(SCc3ccccc3)sc2n1. The Morgan fingerprint density at radius 2 is 2.11 bits per heavy atom. The van der Waals surface area contributed by atoms with Gasteiger partial charge in [0, 0.05) is 11.8 Å². The number of aromatic nitrogens is 3. The zero-order valence-corrected chi connectivity index (χ0v) is 12.0. The molecule has 2 heterocycles. The van der Waals surface area contributed by atoms with Crippen LogP contribution in [-0.4, -0.2) is 14.6 Å². The molecule has 0 spiro atoms. The fourth-order valence-corrected chi connectivity index (χ4v) is 3.70. The topological polar surface area (TPSA) is 47.3 Å². The molecule has 0 atom stereocenters. The Labute approximate surface area is 122 Å². The van der Waals surface area contributed by atoms with E-state index in [1.165, 1.54) is 27.5 Å². The van der Waals surface area contributed by atoms with Crippen LogP contribution in [0.2, 0.25) is 5.15 Å². The van der Waals surface area contributed by atoms with E-state index < -0.39 is 0 Å². The van der Waals surface area contributed by atoms with E-state index in [1.54, 1.807) is 11.8 Å². The van der Waals surface area contributed by atoms with Crippen LogP contribution in [0.5, 0.6) is 0 Å².